The van der Waals surface area contributed by atoms with E-state index >= 15 is 0 Å². The van der Waals surface area contributed by atoms with E-state index in [9.17, 15) is 0 Å². The smallest absolute Gasteiger partial charge is 0 e. The molecule has 0 aliphatic carbocycles. The molecule has 0 saturated heterocycles. The van der Waals surface area contributed by atoms with Gasteiger partial charge in [0.25, 0.3) is 0 Å². The predicted octanol–water partition coefficient (Wildman–Crippen LogP) is -12.0. The second-order valence-corrected chi connectivity index (χ2v) is 0. The van der Waals surface area contributed by atoms with Gasteiger partial charge in [0.05, 0.1) is 0 Å². The molecule has 0 nitrogen and oxygen atoms in total. The molecule has 0 bridgehead atoms. The molecule has 0 N–H and O–H groups in total. The van der Waals surface area contributed by atoms with Gasteiger partial charge in [-0.05, 0) is 0 Å². The van der Waals surface area contributed by atoms with Crippen LogP contribution in [-0.2, 0) is 0 Å². The maximum absolute atomic E-state index is 0. The van der Waals surface area contributed by atoms with Crippen LogP contribution >= 0.6 is 0 Å². The van der Waals surface area contributed by atoms with Gasteiger partial charge in [-0.3, -0.25) is 0 Å². The number of hydrogen-bond donors (Lipinski definition) is 0. The Balaban J connectivity index is 0. The van der Waals surface area contributed by atoms with Gasteiger partial charge < -0.3 is 49.6 Å². The van der Waals surface area contributed by atoms with E-state index in [4.69, 9.17) is 0 Å². The van der Waals surface area contributed by atoms with Crippen molar-refractivity contribution in [3.63, 3.8) is 0 Å². The molecule has 0 fully saturated rings. The van der Waals surface area contributed by atoms with Crippen LogP contribution < -0.4 is 49.6 Å². The zero-order valence-corrected chi connectivity index (χ0v) is 6.88. The first-order valence-electron chi connectivity index (χ1n) is 0. The van der Waals surface area contributed by atoms with E-state index in [1.54, 1.807) is 0 Å². The summed E-state index contributed by atoms with van der Waals surface area (Å²) in [5.41, 5.74) is 0. The molecule has 0 atom stereocenters. The Morgan fingerprint density at radius 1 is 0.400 bits per heavy atom. The summed E-state index contributed by atoms with van der Waals surface area (Å²) in [6, 6.07) is 0. The van der Waals surface area contributed by atoms with Gasteiger partial charge in [0.2, 0.25) is 0 Å². The summed E-state index contributed by atoms with van der Waals surface area (Å²) in [5, 5.41) is 0. The molecule has 0 spiro atoms. The predicted molar refractivity (Wildman–Crippen MR) is 0 cm³/mol. The van der Waals surface area contributed by atoms with E-state index in [-0.39, 0.29) is 87.8 Å². The molecule has 0 aliphatic heterocycles. The van der Waals surface area contributed by atoms with E-state index in [2.05, 4.69) is 0 Å². The summed E-state index contributed by atoms with van der Waals surface area (Å²) in [7, 11) is 0. The quantitative estimate of drug-likeness (QED) is 0.417. The minimum atomic E-state index is 0. The van der Waals surface area contributed by atoms with Gasteiger partial charge in [-0.25, -0.2) is 0 Å². The fourth-order valence-corrected chi connectivity index (χ4v) is 0. The maximum Gasteiger partial charge on any atom is 0 e. The SMILES string of the molecule is [Cl-].[Cl-].[Cl-].[Cl-].[Dy]. The molecule has 42 valence electrons. The van der Waals surface area contributed by atoms with Crippen molar-refractivity contribution in [3.05, 3.63) is 0 Å². The number of hydrogen-bond acceptors (Lipinski definition) is 0. The molecule has 5 heavy (non-hydrogen) atoms. The van der Waals surface area contributed by atoms with Crippen LogP contribution in [0.4, 0.5) is 0 Å². The molecular weight excluding hydrogens is 304 g/mol. The minimum Gasteiger partial charge on any atom is -1.00 e. The van der Waals surface area contributed by atoms with Crippen molar-refractivity contribution in [3.8, 4) is 0 Å². The van der Waals surface area contributed by atoms with Crippen LogP contribution in [0.5, 0.6) is 0 Å². The van der Waals surface area contributed by atoms with Crippen LogP contribution in [0.1, 0.15) is 0 Å². The normalized spacial score (nSPS) is 0. The van der Waals surface area contributed by atoms with Crippen molar-refractivity contribution in [2.75, 3.05) is 0 Å². The summed E-state index contributed by atoms with van der Waals surface area (Å²) in [6.07, 6.45) is 0. The van der Waals surface area contributed by atoms with Crippen LogP contribution in [0.25, 0.3) is 0 Å². The summed E-state index contributed by atoms with van der Waals surface area (Å²) in [6.45, 7) is 0. The molecule has 0 aromatic carbocycles. The van der Waals surface area contributed by atoms with E-state index in [0.717, 1.165) is 0 Å². The molecule has 0 aliphatic rings. The van der Waals surface area contributed by atoms with E-state index < -0.39 is 0 Å². The van der Waals surface area contributed by atoms with Gasteiger partial charge in [-0.1, -0.05) is 0 Å². The molecule has 0 aromatic heterocycles. The standard InChI is InChI=1S/4ClH.Dy/h4*1H;/p-4. The zero-order valence-electron chi connectivity index (χ0n) is 1.83. The third kappa shape index (κ3) is 21.4. The fourth-order valence-electron chi connectivity index (χ4n) is 0. The Morgan fingerprint density at radius 3 is 0.400 bits per heavy atom. The minimum absolute atomic E-state index is 0. The van der Waals surface area contributed by atoms with Crippen molar-refractivity contribution >= 4 is 0 Å². The van der Waals surface area contributed by atoms with Crippen LogP contribution in [0.2, 0.25) is 0 Å². The molecular formula is Cl4Dy-4. The van der Waals surface area contributed by atoms with Crippen LogP contribution in [-0.4, -0.2) is 0 Å². The average molecular weight is 304 g/mol. The van der Waals surface area contributed by atoms with Crippen LogP contribution in [0.3, 0.4) is 0 Å². The Labute approximate surface area is 86.5 Å². The first-order chi connectivity index (χ1) is 0. The fraction of sp³-hybridized carbons (Fsp3) is 0. The van der Waals surface area contributed by atoms with Crippen molar-refractivity contribution in [2.45, 2.75) is 0 Å². The van der Waals surface area contributed by atoms with E-state index in [1.165, 1.54) is 0 Å². The monoisotopic (exact) mass is 304 g/mol. The zero-order chi connectivity index (χ0) is 0. The molecule has 0 saturated carbocycles. The number of halogens is 4. The van der Waals surface area contributed by atoms with E-state index in [0.29, 0.717) is 0 Å². The third-order valence-corrected chi connectivity index (χ3v) is 0. The summed E-state index contributed by atoms with van der Waals surface area (Å²) >= 11 is 0. The molecule has 0 heterocycles. The Bertz CT molecular complexity index is 3.61. The summed E-state index contributed by atoms with van der Waals surface area (Å²) < 4.78 is 0. The van der Waals surface area contributed by atoms with Gasteiger partial charge in [0.15, 0.2) is 0 Å². The van der Waals surface area contributed by atoms with Gasteiger partial charge in [0.1, 0.15) is 0 Å². The van der Waals surface area contributed by atoms with Crippen LogP contribution in [0.15, 0.2) is 0 Å². The largest absolute Gasteiger partial charge is 1.00 e. The summed E-state index contributed by atoms with van der Waals surface area (Å²) in [4.78, 5) is 0. The Morgan fingerprint density at radius 2 is 0.400 bits per heavy atom. The second-order valence-electron chi connectivity index (χ2n) is 0. The summed E-state index contributed by atoms with van der Waals surface area (Å²) in [5.74, 6) is 0. The van der Waals surface area contributed by atoms with Gasteiger partial charge in [0, 0.05) is 38.2 Å². The Kier molecular flexibility index (Phi) is 333. The van der Waals surface area contributed by atoms with Gasteiger partial charge in [-0.15, -0.1) is 0 Å². The average Bonchev–Trinajstić information content (AvgIpc) is 0. The van der Waals surface area contributed by atoms with Gasteiger partial charge in [-0.2, -0.15) is 0 Å². The van der Waals surface area contributed by atoms with Crippen molar-refractivity contribution in [1.82, 2.24) is 0 Å². The number of rotatable bonds is 0. The van der Waals surface area contributed by atoms with Crippen LogP contribution in [0, 0.1) is 38.2 Å². The third-order valence-electron chi connectivity index (χ3n) is 0. The second kappa shape index (κ2) is 32.1. The molecule has 5 heteroatoms. The Hall–Kier alpha value is 2.43. The van der Waals surface area contributed by atoms with Crippen molar-refractivity contribution in [1.29, 1.82) is 0 Å². The molecule has 0 radical (unpaired) electrons. The molecule has 0 rings (SSSR count). The first-order valence-corrected chi connectivity index (χ1v) is 0. The first kappa shape index (κ1) is 52.0. The molecule has 0 unspecified atom stereocenters. The van der Waals surface area contributed by atoms with Crippen molar-refractivity contribution < 1.29 is 87.8 Å². The maximum atomic E-state index is 0. The van der Waals surface area contributed by atoms with Gasteiger partial charge >= 0.3 is 0 Å². The molecule has 0 aromatic rings. The van der Waals surface area contributed by atoms with Crippen molar-refractivity contribution in [2.24, 2.45) is 0 Å². The van der Waals surface area contributed by atoms with E-state index in [1.807, 2.05) is 0 Å². The molecule has 0 amide bonds. The topological polar surface area (TPSA) is 0 Å².